The summed E-state index contributed by atoms with van der Waals surface area (Å²) in [5.74, 6) is -0.530. The highest BCUT2D eigenvalue weighted by Gasteiger charge is 2.32. The highest BCUT2D eigenvalue weighted by molar-refractivity contribution is 5.80. The van der Waals surface area contributed by atoms with Crippen LogP contribution in [0.5, 0.6) is 0 Å². The Hall–Kier alpha value is -2.69. The second kappa shape index (κ2) is 11.2. The van der Waals surface area contributed by atoms with Crippen LogP contribution in [0.25, 0.3) is 0 Å². The molecule has 4 rings (SSSR count). The van der Waals surface area contributed by atoms with Crippen LogP contribution in [0.1, 0.15) is 57.2 Å². The molecule has 2 aliphatic heterocycles. The number of carboxylic acid groups (broad SMARTS) is 1. The molecule has 3 heterocycles. The number of nitrogens with zero attached hydrogens (tertiary/aromatic N) is 4. The lowest BCUT2D eigenvalue weighted by atomic mass is 9.92. The van der Waals surface area contributed by atoms with Crippen molar-refractivity contribution in [2.24, 2.45) is 11.8 Å². The Balaban J connectivity index is 1.41. The van der Waals surface area contributed by atoms with Crippen LogP contribution in [0.4, 0.5) is 20.8 Å². The number of piperidine rings is 1. The predicted molar refractivity (Wildman–Crippen MR) is 126 cm³/mol. The third-order valence-corrected chi connectivity index (χ3v) is 7.35. The van der Waals surface area contributed by atoms with E-state index in [1.165, 1.54) is 12.8 Å². The number of hydrogen-bond acceptors (Lipinski definition) is 7. The normalized spacial score (nSPS) is 22.2. The molecule has 2 amide bonds. The summed E-state index contributed by atoms with van der Waals surface area (Å²) in [7, 11) is 0. The average molecular weight is 478 g/mol. The van der Waals surface area contributed by atoms with Gasteiger partial charge in [0, 0.05) is 32.2 Å². The number of hydrogen-bond donors (Lipinski definition) is 4. The molecule has 3 fully saturated rings. The summed E-state index contributed by atoms with van der Waals surface area (Å²) in [5.41, 5.74) is 5.21. The van der Waals surface area contributed by atoms with E-state index in [-0.39, 0.29) is 24.1 Å². The van der Waals surface area contributed by atoms with Gasteiger partial charge in [0.2, 0.25) is 11.7 Å². The van der Waals surface area contributed by atoms with Crippen molar-refractivity contribution in [1.82, 2.24) is 25.6 Å². The second-order valence-electron chi connectivity index (χ2n) is 9.77. The van der Waals surface area contributed by atoms with Crippen molar-refractivity contribution in [1.29, 1.82) is 0 Å². The van der Waals surface area contributed by atoms with E-state index in [4.69, 9.17) is 5.11 Å². The van der Waals surface area contributed by atoms with Crippen molar-refractivity contribution in [2.45, 2.75) is 64.3 Å². The molecule has 1 saturated carbocycles. The van der Waals surface area contributed by atoms with Gasteiger partial charge >= 0.3 is 6.09 Å². The van der Waals surface area contributed by atoms with Crippen LogP contribution in [-0.2, 0) is 4.79 Å². The van der Waals surface area contributed by atoms with Crippen LogP contribution < -0.4 is 21.1 Å². The number of rotatable bonds is 8. The third kappa shape index (κ3) is 6.05. The van der Waals surface area contributed by atoms with Crippen molar-refractivity contribution < 1.29 is 19.1 Å². The van der Waals surface area contributed by atoms with Crippen LogP contribution in [0.15, 0.2) is 0 Å². The van der Waals surface area contributed by atoms with Crippen molar-refractivity contribution >= 4 is 23.6 Å². The number of halogens is 1. The molecule has 188 valence electrons. The number of carbonyl (C=O) groups excluding carboxylic acids is 1. The van der Waals surface area contributed by atoms with E-state index in [1.54, 1.807) is 6.92 Å². The molecule has 2 saturated heterocycles. The van der Waals surface area contributed by atoms with Crippen molar-refractivity contribution in [3.05, 3.63) is 11.6 Å². The SMILES string of the molecule is Cc1nc(NNC(=O)[C@@H](CNC(=O)O)CC2CCCC2)c(F)c(N2CCN3CCCC[C@@H]3C2)n1. The van der Waals surface area contributed by atoms with Gasteiger partial charge in [-0.05, 0) is 38.6 Å². The first-order valence-electron chi connectivity index (χ1n) is 12.5. The summed E-state index contributed by atoms with van der Waals surface area (Å²) in [6.45, 7) is 5.12. The maximum absolute atomic E-state index is 15.4. The fourth-order valence-electron chi connectivity index (χ4n) is 5.55. The van der Waals surface area contributed by atoms with E-state index >= 15 is 4.39 Å². The van der Waals surface area contributed by atoms with Gasteiger partial charge in [-0.25, -0.2) is 14.8 Å². The Morgan fingerprint density at radius 1 is 1.12 bits per heavy atom. The zero-order chi connectivity index (χ0) is 24.1. The Kier molecular flexibility index (Phi) is 8.02. The zero-order valence-electron chi connectivity index (χ0n) is 19.9. The monoisotopic (exact) mass is 477 g/mol. The largest absolute Gasteiger partial charge is 0.465 e. The minimum absolute atomic E-state index is 0.0154. The maximum Gasteiger partial charge on any atom is 0.404 e. The fourth-order valence-corrected chi connectivity index (χ4v) is 5.55. The summed E-state index contributed by atoms with van der Waals surface area (Å²) in [6, 6.07) is 0.409. The highest BCUT2D eigenvalue weighted by atomic mass is 19.1. The predicted octanol–water partition coefficient (Wildman–Crippen LogP) is 2.51. The van der Waals surface area contributed by atoms with Crippen LogP contribution in [0.3, 0.4) is 0 Å². The van der Waals surface area contributed by atoms with Gasteiger partial charge in [-0.3, -0.25) is 20.5 Å². The van der Waals surface area contributed by atoms with Gasteiger partial charge in [0.05, 0.1) is 5.92 Å². The maximum atomic E-state index is 15.4. The van der Waals surface area contributed by atoms with Gasteiger partial charge in [-0.15, -0.1) is 0 Å². The van der Waals surface area contributed by atoms with Gasteiger partial charge in [-0.2, -0.15) is 4.39 Å². The molecule has 4 N–H and O–H groups in total. The first-order valence-corrected chi connectivity index (χ1v) is 12.5. The van der Waals surface area contributed by atoms with E-state index < -0.39 is 17.8 Å². The lowest BCUT2D eigenvalue weighted by Gasteiger charge is -2.44. The average Bonchev–Trinajstić information content (AvgIpc) is 3.34. The highest BCUT2D eigenvalue weighted by Crippen LogP contribution is 2.31. The van der Waals surface area contributed by atoms with E-state index in [0.717, 1.165) is 51.7 Å². The van der Waals surface area contributed by atoms with Crippen LogP contribution in [0, 0.1) is 24.6 Å². The van der Waals surface area contributed by atoms with Gasteiger partial charge in [0.15, 0.2) is 11.6 Å². The number of piperazine rings is 1. The molecule has 0 bridgehead atoms. The molecule has 2 atom stereocenters. The van der Waals surface area contributed by atoms with E-state index in [0.29, 0.717) is 30.7 Å². The standard InChI is InChI=1S/C23H36FN7O3/c1-15-26-20(19(24)21(27-15)31-11-10-30-9-5-4-8-18(30)14-31)28-29-22(32)17(13-25-23(33)34)12-16-6-2-3-7-16/h16-18,25H,2-14H2,1H3,(H,29,32)(H,33,34)(H,26,27,28)/t17-,18-/m1/s1. The smallest absolute Gasteiger partial charge is 0.404 e. The summed E-state index contributed by atoms with van der Waals surface area (Å²) < 4.78 is 15.4. The van der Waals surface area contributed by atoms with Gasteiger partial charge in [-0.1, -0.05) is 32.1 Å². The molecule has 3 aliphatic rings. The Bertz CT molecular complexity index is 880. The van der Waals surface area contributed by atoms with Crippen molar-refractivity contribution in [2.75, 3.05) is 43.0 Å². The van der Waals surface area contributed by atoms with Crippen molar-refractivity contribution in [3.63, 3.8) is 0 Å². The Morgan fingerprint density at radius 3 is 2.65 bits per heavy atom. The molecule has 0 aromatic carbocycles. The number of aromatic nitrogens is 2. The van der Waals surface area contributed by atoms with E-state index in [2.05, 4.69) is 31.0 Å². The molecule has 1 aliphatic carbocycles. The summed E-state index contributed by atoms with van der Waals surface area (Å²) in [5, 5.41) is 11.3. The van der Waals surface area contributed by atoms with Crippen LogP contribution in [-0.4, -0.2) is 70.7 Å². The summed E-state index contributed by atoms with van der Waals surface area (Å²) in [4.78, 5) is 36.8. The topological polar surface area (TPSA) is 123 Å². The molecule has 1 aromatic rings. The number of aryl methyl sites for hydroxylation is 1. The van der Waals surface area contributed by atoms with E-state index in [1.807, 2.05) is 4.90 Å². The third-order valence-electron chi connectivity index (χ3n) is 7.35. The van der Waals surface area contributed by atoms with E-state index in [9.17, 15) is 9.59 Å². The number of carbonyl (C=O) groups is 2. The molecule has 0 unspecified atom stereocenters. The number of hydrazine groups is 1. The number of fused-ring (bicyclic) bond motifs is 1. The molecular weight excluding hydrogens is 441 g/mol. The van der Waals surface area contributed by atoms with Crippen LogP contribution in [0.2, 0.25) is 0 Å². The van der Waals surface area contributed by atoms with Crippen LogP contribution >= 0.6 is 0 Å². The van der Waals surface area contributed by atoms with Gasteiger partial charge in [0.25, 0.3) is 0 Å². The zero-order valence-corrected chi connectivity index (χ0v) is 19.9. The molecular formula is C23H36FN7O3. The quantitative estimate of drug-likeness (QED) is 0.421. The number of nitrogens with one attached hydrogen (secondary N) is 3. The minimum Gasteiger partial charge on any atom is -0.465 e. The minimum atomic E-state index is -1.17. The van der Waals surface area contributed by atoms with Gasteiger partial charge < -0.3 is 15.3 Å². The Labute approximate surface area is 199 Å². The molecule has 1 aromatic heterocycles. The summed E-state index contributed by atoms with van der Waals surface area (Å²) in [6.07, 6.45) is 7.29. The number of amides is 2. The molecule has 0 spiro atoms. The first kappa shape index (κ1) is 24.4. The lowest BCUT2D eigenvalue weighted by molar-refractivity contribution is -0.124. The molecule has 34 heavy (non-hydrogen) atoms. The fraction of sp³-hybridized carbons (Fsp3) is 0.739. The first-order chi connectivity index (χ1) is 16.4. The second-order valence-corrected chi connectivity index (χ2v) is 9.77. The molecule has 0 radical (unpaired) electrons. The summed E-state index contributed by atoms with van der Waals surface area (Å²) >= 11 is 0. The Morgan fingerprint density at radius 2 is 1.88 bits per heavy atom. The lowest BCUT2D eigenvalue weighted by Crippen LogP contribution is -2.55. The van der Waals surface area contributed by atoms with Crippen molar-refractivity contribution in [3.8, 4) is 0 Å². The number of anilines is 2. The molecule has 10 nitrogen and oxygen atoms in total. The molecule has 11 heteroatoms. The van der Waals surface area contributed by atoms with Gasteiger partial charge in [0.1, 0.15) is 5.82 Å².